The average Bonchev–Trinajstić information content (AvgIpc) is 3.61. The summed E-state index contributed by atoms with van der Waals surface area (Å²) in [6.07, 6.45) is 8.90. The lowest BCUT2D eigenvalue weighted by atomic mass is 9.91. The van der Waals surface area contributed by atoms with Crippen LogP contribution in [0.3, 0.4) is 0 Å². The van der Waals surface area contributed by atoms with Crippen LogP contribution in [-0.4, -0.2) is 21.3 Å². The number of hydrogen-bond acceptors (Lipinski definition) is 7. The van der Waals surface area contributed by atoms with Crippen molar-refractivity contribution in [2.24, 2.45) is 5.41 Å². The predicted molar refractivity (Wildman–Crippen MR) is 165 cm³/mol. The average molecular weight is 569 g/mol. The topological polar surface area (TPSA) is 52.1 Å². The number of thiophene rings is 2. The summed E-state index contributed by atoms with van der Waals surface area (Å²) in [5, 5.41) is 0. The maximum absolute atomic E-state index is 12.0. The third-order valence-electron chi connectivity index (χ3n) is 7.64. The fourth-order valence-electron chi connectivity index (χ4n) is 4.50. The van der Waals surface area contributed by atoms with Crippen LogP contribution in [0.4, 0.5) is 0 Å². The van der Waals surface area contributed by atoms with Gasteiger partial charge in [0.05, 0.1) is 23.8 Å². The molecule has 0 fully saturated rings. The second kappa shape index (κ2) is 12.8. The highest BCUT2D eigenvalue weighted by molar-refractivity contribution is 7.16. The van der Waals surface area contributed by atoms with E-state index in [0.29, 0.717) is 6.61 Å². The molecule has 0 N–H and O–H groups in total. The number of ether oxygens (including phenoxy) is 1. The lowest BCUT2D eigenvalue weighted by Gasteiger charge is -2.20. The lowest BCUT2D eigenvalue weighted by molar-refractivity contribution is -0.154. The molecular formula is C31H40N2O2S3. The molecule has 7 heteroatoms. The normalized spacial score (nSPS) is 11.9. The van der Waals surface area contributed by atoms with Gasteiger partial charge in [-0.3, -0.25) is 4.79 Å². The summed E-state index contributed by atoms with van der Waals surface area (Å²) in [4.78, 5) is 17.4. The Hall–Kier alpha value is -2.09. The molecule has 204 valence electrons. The number of aromatic nitrogens is 2. The van der Waals surface area contributed by atoms with Gasteiger partial charge in [-0.1, -0.05) is 44.7 Å². The van der Waals surface area contributed by atoms with E-state index in [-0.39, 0.29) is 11.4 Å². The number of fused-ring (bicyclic) bond motifs is 1. The summed E-state index contributed by atoms with van der Waals surface area (Å²) in [5.41, 5.74) is 6.86. The molecule has 0 atom stereocenters. The van der Waals surface area contributed by atoms with E-state index in [2.05, 4.69) is 49.4 Å². The Bertz CT molecular complexity index is 1360. The minimum atomic E-state index is -0.366. The molecule has 1 aromatic carbocycles. The summed E-state index contributed by atoms with van der Waals surface area (Å²) in [6.45, 7) is 13.1. The molecule has 0 aliphatic rings. The number of carbonyl (C=O) groups excluding carboxylic acids is 1. The third-order valence-corrected chi connectivity index (χ3v) is 10.5. The first kappa shape index (κ1) is 28.9. The monoisotopic (exact) mass is 568 g/mol. The fraction of sp³-hybridized carbons (Fsp3) is 0.516. The van der Waals surface area contributed by atoms with Gasteiger partial charge in [-0.25, -0.2) is 0 Å². The summed E-state index contributed by atoms with van der Waals surface area (Å²) >= 11 is 5.02. The fourth-order valence-corrected chi connectivity index (χ4v) is 7.23. The summed E-state index contributed by atoms with van der Waals surface area (Å²) in [5.74, 6) is -0.0686. The Morgan fingerprint density at radius 2 is 1.42 bits per heavy atom. The van der Waals surface area contributed by atoms with E-state index in [0.717, 1.165) is 36.7 Å². The van der Waals surface area contributed by atoms with E-state index in [1.54, 1.807) is 0 Å². The minimum Gasteiger partial charge on any atom is -0.465 e. The molecule has 3 heterocycles. The number of nitrogens with zero attached hydrogens (tertiary/aromatic N) is 2. The number of unbranched alkanes of at least 4 members (excludes halogenated alkanes) is 5. The molecule has 0 aliphatic carbocycles. The summed E-state index contributed by atoms with van der Waals surface area (Å²) < 4.78 is 14.8. The number of esters is 1. The van der Waals surface area contributed by atoms with Crippen LogP contribution in [0, 0.1) is 26.2 Å². The standard InChI is InChI=1S/C31H40N2O2S3/c1-7-31(5,6)30(34)35-17-13-11-9-8-10-12-14-23-19-27(37-22(23)4)25-16-15-24(28-29(25)33-38-32-28)26-18-20(2)21(3)36-26/h15-16,18-19H,7-14,17H2,1-6H3. The molecule has 0 spiro atoms. The van der Waals surface area contributed by atoms with Gasteiger partial charge < -0.3 is 4.74 Å². The first-order chi connectivity index (χ1) is 18.2. The SMILES string of the molecule is CCC(C)(C)C(=O)OCCCCCCCCc1cc(-c2ccc(-c3cc(C)c(C)s3)c3nsnc23)sc1C. The third kappa shape index (κ3) is 6.72. The van der Waals surface area contributed by atoms with Crippen LogP contribution in [0.1, 0.15) is 86.6 Å². The van der Waals surface area contributed by atoms with Crippen LogP contribution in [0.15, 0.2) is 24.3 Å². The molecule has 0 aliphatic heterocycles. The molecular weight excluding hydrogens is 529 g/mol. The molecule has 0 radical (unpaired) electrons. The minimum absolute atomic E-state index is 0.0686. The quantitative estimate of drug-likeness (QED) is 0.119. The first-order valence-corrected chi connectivity index (χ1v) is 16.2. The summed E-state index contributed by atoms with van der Waals surface area (Å²) in [6, 6.07) is 9.10. The van der Waals surface area contributed by atoms with Crippen LogP contribution >= 0.6 is 34.4 Å². The van der Waals surface area contributed by atoms with Crippen molar-refractivity contribution < 1.29 is 9.53 Å². The zero-order chi connectivity index (χ0) is 27.3. The van der Waals surface area contributed by atoms with E-state index in [4.69, 9.17) is 9.11 Å². The smallest absolute Gasteiger partial charge is 0.311 e. The van der Waals surface area contributed by atoms with E-state index < -0.39 is 0 Å². The van der Waals surface area contributed by atoms with Crippen LogP contribution in [-0.2, 0) is 16.0 Å². The second-order valence-electron chi connectivity index (χ2n) is 10.9. The van der Waals surface area contributed by atoms with Crippen LogP contribution in [0.5, 0.6) is 0 Å². The number of rotatable bonds is 13. The van der Waals surface area contributed by atoms with Gasteiger partial charge in [0.25, 0.3) is 0 Å². The van der Waals surface area contributed by atoms with Gasteiger partial charge in [-0.05, 0) is 83.6 Å². The van der Waals surface area contributed by atoms with Crippen molar-refractivity contribution in [3.63, 3.8) is 0 Å². The Labute approximate surface area is 239 Å². The molecule has 38 heavy (non-hydrogen) atoms. The first-order valence-electron chi connectivity index (χ1n) is 13.8. The Morgan fingerprint density at radius 3 is 2.03 bits per heavy atom. The molecule has 0 saturated carbocycles. The van der Waals surface area contributed by atoms with E-state index in [9.17, 15) is 4.79 Å². The molecule has 3 aromatic heterocycles. The second-order valence-corrected chi connectivity index (χ2v) is 13.9. The van der Waals surface area contributed by atoms with Crippen molar-refractivity contribution in [3.8, 4) is 20.9 Å². The predicted octanol–water partition coefficient (Wildman–Crippen LogP) is 9.94. The van der Waals surface area contributed by atoms with Crippen LogP contribution in [0.2, 0.25) is 0 Å². The maximum Gasteiger partial charge on any atom is 0.311 e. The Balaban J connectivity index is 1.27. The van der Waals surface area contributed by atoms with Gasteiger partial charge >= 0.3 is 5.97 Å². The highest BCUT2D eigenvalue weighted by Crippen LogP contribution is 2.41. The van der Waals surface area contributed by atoms with Crippen LogP contribution < -0.4 is 0 Å². The number of aryl methyl sites for hydroxylation is 4. The Kier molecular flexibility index (Phi) is 9.77. The van der Waals surface area contributed by atoms with Crippen molar-refractivity contribution in [1.29, 1.82) is 0 Å². The molecule has 0 unspecified atom stereocenters. The van der Waals surface area contributed by atoms with Gasteiger partial charge in [0.1, 0.15) is 11.0 Å². The molecule has 4 rings (SSSR count). The van der Waals surface area contributed by atoms with Crippen molar-refractivity contribution in [2.45, 2.75) is 92.9 Å². The lowest BCUT2D eigenvalue weighted by Crippen LogP contribution is -2.26. The van der Waals surface area contributed by atoms with E-state index >= 15 is 0 Å². The van der Waals surface area contributed by atoms with Crippen LogP contribution in [0.25, 0.3) is 31.9 Å². The zero-order valence-corrected chi connectivity index (χ0v) is 26.1. The Morgan fingerprint density at radius 1 is 0.842 bits per heavy atom. The van der Waals surface area contributed by atoms with Crippen molar-refractivity contribution in [1.82, 2.24) is 8.75 Å². The number of carbonyl (C=O) groups is 1. The van der Waals surface area contributed by atoms with Crippen molar-refractivity contribution in [2.75, 3.05) is 6.61 Å². The molecule has 0 amide bonds. The van der Waals surface area contributed by atoms with E-state index in [1.807, 2.05) is 43.4 Å². The summed E-state index contributed by atoms with van der Waals surface area (Å²) in [7, 11) is 0. The molecule has 4 nitrogen and oxygen atoms in total. The highest BCUT2D eigenvalue weighted by Gasteiger charge is 2.26. The van der Waals surface area contributed by atoms with Gasteiger partial charge in [0, 0.05) is 30.6 Å². The largest absolute Gasteiger partial charge is 0.465 e. The highest BCUT2D eigenvalue weighted by atomic mass is 32.1. The zero-order valence-electron chi connectivity index (χ0n) is 23.6. The molecule has 4 aromatic rings. The van der Waals surface area contributed by atoms with Crippen molar-refractivity contribution >= 4 is 51.4 Å². The van der Waals surface area contributed by atoms with Gasteiger partial charge in [0.15, 0.2) is 0 Å². The molecule has 0 saturated heterocycles. The van der Waals surface area contributed by atoms with Gasteiger partial charge in [-0.2, -0.15) is 8.75 Å². The molecule has 0 bridgehead atoms. The number of benzene rings is 1. The van der Waals surface area contributed by atoms with Crippen molar-refractivity contribution in [3.05, 3.63) is 45.1 Å². The van der Waals surface area contributed by atoms with Gasteiger partial charge in [-0.15, -0.1) is 22.7 Å². The van der Waals surface area contributed by atoms with Gasteiger partial charge in [0.2, 0.25) is 0 Å². The van der Waals surface area contributed by atoms with E-state index in [1.165, 1.54) is 79.2 Å². The number of hydrogen-bond donors (Lipinski definition) is 0. The maximum atomic E-state index is 12.0.